The summed E-state index contributed by atoms with van der Waals surface area (Å²) in [7, 11) is 1.89. The fraction of sp³-hybridized carbons (Fsp3) is 0.375. The third-order valence-electron chi connectivity index (χ3n) is 3.95. The first-order valence-electron chi connectivity index (χ1n) is 7.60. The van der Waals surface area contributed by atoms with E-state index in [0.717, 1.165) is 43.3 Å². The second-order valence-electron chi connectivity index (χ2n) is 5.69. The number of thiophene rings is 1. The normalized spacial score (nSPS) is 19.3. The van der Waals surface area contributed by atoms with Crippen molar-refractivity contribution in [1.82, 2.24) is 19.8 Å². The molecule has 3 aromatic heterocycles. The third kappa shape index (κ3) is 3.21. The second kappa shape index (κ2) is 6.27. The van der Waals surface area contributed by atoms with E-state index in [9.17, 15) is 0 Å². The maximum atomic E-state index is 5.88. The third-order valence-corrected chi connectivity index (χ3v) is 4.91. The molecule has 0 amide bonds. The molecule has 23 heavy (non-hydrogen) atoms. The van der Waals surface area contributed by atoms with Crippen molar-refractivity contribution in [3.8, 4) is 11.3 Å². The molecule has 7 heteroatoms. The molecule has 0 aliphatic carbocycles. The average molecular weight is 330 g/mol. The molecule has 1 aliphatic rings. The van der Waals surface area contributed by atoms with Crippen LogP contribution in [0, 0.1) is 0 Å². The first-order chi connectivity index (χ1) is 11.3. The molecule has 120 valence electrons. The second-order valence-corrected chi connectivity index (χ2v) is 6.67. The lowest BCUT2D eigenvalue weighted by Gasteiger charge is -2.31. The Balaban J connectivity index is 1.43. The van der Waals surface area contributed by atoms with Crippen molar-refractivity contribution in [2.75, 3.05) is 19.7 Å². The van der Waals surface area contributed by atoms with Gasteiger partial charge in [0.2, 0.25) is 0 Å². The van der Waals surface area contributed by atoms with Crippen molar-refractivity contribution in [3.05, 3.63) is 46.6 Å². The van der Waals surface area contributed by atoms with E-state index < -0.39 is 0 Å². The molecule has 1 atom stereocenters. The van der Waals surface area contributed by atoms with E-state index in [4.69, 9.17) is 9.26 Å². The van der Waals surface area contributed by atoms with Crippen LogP contribution in [0.2, 0.25) is 0 Å². The molecule has 1 aliphatic heterocycles. The van der Waals surface area contributed by atoms with Gasteiger partial charge in [-0.05, 0) is 11.4 Å². The molecule has 0 aromatic carbocycles. The van der Waals surface area contributed by atoms with Crippen LogP contribution >= 0.6 is 11.3 Å². The van der Waals surface area contributed by atoms with E-state index >= 15 is 0 Å². The predicted molar refractivity (Wildman–Crippen MR) is 87.0 cm³/mol. The molecule has 0 unspecified atom stereocenters. The number of morpholine rings is 1. The predicted octanol–water partition coefficient (Wildman–Crippen LogP) is 2.71. The Hall–Kier alpha value is -1.96. The van der Waals surface area contributed by atoms with Gasteiger partial charge in [0.05, 0.1) is 19.3 Å². The lowest BCUT2D eigenvalue weighted by atomic mass is 10.2. The van der Waals surface area contributed by atoms with Crippen molar-refractivity contribution in [2.24, 2.45) is 7.05 Å². The molecule has 6 nitrogen and oxygen atoms in total. The maximum Gasteiger partial charge on any atom is 0.151 e. The lowest BCUT2D eigenvalue weighted by Crippen LogP contribution is -2.37. The standard InChI is InChI=1S/C16H18N4O2S/c1-19-9-12(8-17-19)14-7-13(22-18-14)10-20-4-5-21-15(11-20)16-3-2-6-23-16/h2-3,6-9,15H,4-5,10-11H2,1H3/t15-/m0/s1. The van der Waals surface area contributed by atoms with Gasteiger partial charge in [-0.15, -0.1) is 11.3 Å². The SMILES string of the molecule is Cn1cc(-c2cc(CN3CCO[C@H](c4cccs4)C3)on2)cn1. The number of hydrogen-bond donors (Lipinski definition) is 0. The summed E-state index contributed by atoms with van der Waals surface area (Å²) in [5, 5.41) is 10.4. The van der Waals surface area contributed by atoms with E-state index in [2.05, 4.69) is 32.7 Å². The van der Waals surface area contributed by atoms with Crippen LogP contribution in [-0.2, 0) is 18.3 Å². The first kappa shape index (κ1) is 14.6. The number of aryl methyl sites for hydroxylation is 1. The summed E-state index contributed by atoms with van der Waals surface area (Å²) in [6, 6.07) is 6.19. The van der Waals surface area contributed by atoms with Crippen LogP contribution in [0.1, 0.15) is 16.7 Å². The molecular weight excluding hydrogens is 312 g/mol. The summed E-state index contributed by atoms with van der Waals surface area (Å²) < 4.78 is 13.1. The maximum absolute atomic E-state index is 5.88. The molecule has 4 rings (SSSR count). The van der Waals surface area contributed by atoms with Gasteiger partial charge < -0.3 is 9.26 Å². The van der Waals surface area contributed by atoms with Crippen molar-refractivity contribution < 1.29 is 9.26 Å². The van der Waals surface area contributed by atoms with E-state index in [1.807, 2.05) is 19.3 Å². The van der Waals surface area contributed by atoms with E-state index in [1.54, 1.807) is 22.2 Å². The minimum Gasteiger partial charge on any atom is -0.370 e. The van der Waals surface area contributed by atoms with Crippen LogP contribution < -0.4 is 0 Å². The van der Waals surface area contributed by atoms with Gasteiger partial charge in [-0.2, -0.15) is 5.10 Å². The van der Waals surface area contributed by atoms with E-state index in [1.165, 1.54) is 4.88 Å². The quantitative estimate of drug-likeness (QED) is 0.736. The van der Waals surface area contributed by atoms with Gasteiger partial charge in [-0.1, -0.05) is 11.2 Å². The zero-order valence-corrected chi connectivity index (χ0v) is 13.7. The largest absolute Gasteiger partial charge is 0.370 e. The highest BCUT2D eigenvalue weighted by Crippen LogP contribution is 2.27. The lowest BCUT2D eigenvalue weighted by molar-refractivity contribution is -0.0333. The van der Waals surface area contributed by atoms with E-state index in [0.29, 0.717) is 0 Å². The zero-order valence-electron chi connectivity index (χ0n) is 12.9. The van der Waals surface area contributed by atoms with Gasteiger partial charge in [-0.3, -0.25) is 9.58 Å². The minimum absolute atomic E-state index is 0.157. The Kier molecular flexibility index (Phi) is 3.99. The highest BCUT2D eigenvalue weighted by atomic mass is 32.1. The Labute approximate surface area is 138 Å². The summed E-state index contributed by atoms with van der Waals surface area (Å²) >= 11 is 1.74. The molecule has 0 saturated carbocycles. The smallest absolute Gasteiger partial charge is 0.151 e. The highest BCUT2D eigenvalue weighted by Gasteiger charge is 2.23. The van der Waals surface area contributed by atoms with Crippen molar-refractivity contribution in [1.29, 1.82) is 0 Å². The van der Waals surface area contributed by atoms with Gasteiger partial charge in [0.15, 0.2) is 5.76 Å². The topological polar surface area (TPSA) is 56.3 Å². The van der Waals surface area contributed by atoms with Crippen LogP contribution in [0.25, 0.3) is 11.3 Å². The van der Waals surface area contributed by atoms with Crippen LogP contribution in [0.4, 0.5) is 0 Å². The molecule has 0 radical (unpaired) electrons. The molecular formula is C16H18N4O2S. The molecule has 4 heterocycles. The molecule has 0 bridgehead atoms. The molecule has 3 aromatic rings. The molecule has 1 fully saturated rings. The summed E-state index contributed by atoms with van der Waals surface area (Å²) in [5.74, 6) is 0.871. The summed E-state index contributed by atoms with van der Waals surface area (Å²) in [6.45, 7) is 3.28. The van der Waals surface area contributed by atoms with Crippen molar-refractivity contribution in [2.45, 2.75) is 12.6 Å². The summed E-state index contributed by atoms with van der Waals surface area (Å²) in [4.78, 5) is 3.63. The minimum atomic E-state index is 0.157. The van der Waals surface area contributed by atoms with Crippen LogP contribution in [0.5, 0.6) is 0 Å². The fourth-order valence-electron chi connectivity index (χ4n) is 2.79. The number of rotatable bonds is 4. The average Bonchev–Trinajstić information content (AvgIpc) is 3.28. The zero-order chi connectivity index (χ0) is 15.6. The first-order valence-corrected chi connectivity index (χ1v) is 8.48. The molecule has 0 N–H and O–H groups in total. The van der Waals surface area contributed by atoms with Gasteiger partial charge in [0.1, 0.15) is 11.8 Å². The molecule has 1 saturated heterocycles. The van der Waals surface area contributed by atoms with Gasteiger partial charge in [-0.25, -0.2) is 0 Å². The van der Waals surface area contributed by atoms with Crippen molar-refractivity contribution in [3.63, 3.8) is 0 Å². The number of hydrogen-bond acceptors (Lipinski definition) is 6. The van der Waals surface area contributed by atoms with Gasteiger partial charge in [0.25, 0.3) is 0 Å². The Morgan fingerprint density at radius 2 is 2.39 bits per heavy atom. The van der Waals surface area contributed by atoms with Crippen LogP contribution in [0.15, 0.2) is 40.5 Å². The van der Waals surface area contributed by atoms with Crippen molar-refractivity contribution >= 4 is 11.3 Å². The monoisotopic (exact) mass is 330 g/mol. The van der Waals surface area contributed by atoms with Crippen LogP contribution in [0.3, 0.4) is 0 Å². The number of aromatic nitrogens is 3. The number of ether oxygens (including phenoxy) is 1. The Bertz CT molecular complexity index is 765. The highest BCUT2D eigenvalue weighted by molar-refractivity contribution is 7.10. The number of nitrogens with zero attached hydrogens (tertiary/aromatic N) is 4. The van der Waals surface area contributed by atoms with Gasteiger partial charge in [0, 0.05) is 42.8 Å². The summed E-state index contributed by atoms with van der Waals surface area (Å²) in [6.07, 6.45) is 3.89. The Morgan fingerprint density at radius 1 is 1.43 bits per heavy atom. The Morgan fingerprint density at radius 3 is 3.17 bits per heavy atom. The van der Waals surface area contributed by atoms with Crippen LogP contribution in [-0.4, -0.2) is 39.5 Å². The van der Waals surface area contributed by atoms with Gasteiger partial charge >= 0.3 is 0 Å². The fourth-order valence-corrected chi connectivity index (χ4v) is 3.56. The summed E-state index contributed by atoms with van der Waals surface area (Å²) in [5.41, 5.74) is 1.80. The van der Waals surface area contributed by atoms with E-state index in [-0.39, 0.29) is 6.10 Å². The molecule has 0 spiro atoms.